The minimum absolute atomic E-state index is 0.460. The molecule has 0 bridgehead atoms. The molecule has 4 heteroatoms. The van der Waals surface area contributed by atoms with Crippen LogP contribution in [0.1, 0.15) is 28.7 Å². The number of aromatic amines is 2. The molecule has 4 nitrogen and oxygen atoms in total. The van der Waals surface area contributed by atoms with Crippen LogP contribution in [0, 0.1) is 0 Å². The highest BCUT2D eigenvalue weighted by Crippen LogP contribution is 2.39. The van der Waals surface area contributed by atoms with E-state index in [1.54, 1.807) is 0 Å². The molecule has 3 aromatic rings. The van der Waals surface area contributed by atoms with Gasteiger partial charge in [-0.2, -0.15) is 0 Å². The first-order valence-electron chi connectivity index (χ1n) is 7.25. The van der Waals surface area contributed by atoms with Gasteiger partial charge in [-0.1, -0.05) is 18.2 Å². The summed E-state index contributed by atoms with van der Waals surface area (Å²) in [6, 6.07) is 9.12. The van der Waals surface area contributed by atoms with E-state index in [2.05, 4.69) is 44.1 Å². The average Bonchev–Trinajstić information content (AvgIpc) is 3.08. The highest BCUT2D eigenvalue weighted by atomic mass is 15.2. The summed E-state index contributed by atoms with van der Waals surface area (Å²) in [6.07, 6.45) is 3.98. The third kappa shape index (κ3) is 1.32. The van der Waals surface area contributed by atoms with E-state index in [0.29, 0.717) is 6.04 Å². The molecule has 0 fully saturated rings. The number of imidazole rings is 1. The molecule has 0 saturated heterocycles. The number of aromatic nitrogens is 3. The zero-order valence-corrected chi connectivity index (χ0v) is 11.2. The van der Waals surface area contributed by atoms with Gasteiger partial charge in [-0.15, -0.1) is 0 Å². The normalized spacial score (nSPS) is 21.5. The summed E-state index contributed by atoms with van der Waals surface area (Å²) >= 11 is 0. The Bertz CT molecular complexity index is 798. The maximum absolute atomic E-state index is 4.48. The Morgan fingerprint density at radius 3 is 3.20 bits per heavy atom. The average molecular weight is 264 g/mol. The van der Waals surface area contributed by atoms with E-state index < -0.39 is 0 Å². The molecule has 0 saturated carbocycles. The van der Waals surface area contributed by atoms with Crippen LogP contribution in [0.5, 0.6) is 0 Å². The van der Waals surface area contributed by atoms with Crippen LogP contribution in [0.2, 0.25) is 0 Å². The summed E-state index contributed by atoms with van der Waals surface area (Å²) in [4.78, 5) is 14.0. The molecule has 2 aliphatic heterocycles. The van der Waals surface area contributed by atoms with E-state index in [4.69, 9.17) is 0 Å². The Labute approximate surface area is 116 Å². The second-order valence-corrected chi connectivity index (χ2v) is 5.83. The van der Waals surface area contributed by atoms with Crippen LogP contribution in [0.3, 0.4) is 0 Å². The number of nitrogens with one attached hydrogen (secondary N) is 2. The van der Waals surface area contributed by atoms with E-state index in [9.17, 15) is 0 Å². The third-order valence-corrected chi connectivity index (χ3v) is 4.83. The van der Waals surface area contributed by atoms with Gasteiger partial charge in [0.25, 0.3) is 0 Å². The van der Waals surface area contributed by atoms with E-state index >= 15 is 0 Å². The first-order valence-corrected chi connectivity index (χ1v) is 7.25. The minimum Gasteiger partial charge on any atom is -0.357 e. The zero-order chi connectivity index (χ0) is 13.1. The predicted octanol–water partition coefficient (Wildman–Crippen LogP) is 2.55. The lowest BCUT2D eigenvalue weighted by Crippen LogP contribution is -2.39. The number of fused-ring (bicyclic) bond motifs is 6. The SMILES string of the molecule is c1ccc2c3c([nH]c2c1)[C@H]1Cc2nc[nH]c2CN1CC3. The molecule has 100 valence electrons. The minimum atomic E-state index is 0.460. The van der Waals surface area contributed by atoms with Crippen molar-refractivity contribution in [1.29, 1.82) is 0 Å². The van der Waals surface area contributed by atoms with Crippen molar-refractivity contribution >= 4 is 10.9 Å². The summed E-state index contributed by atoms with van der Waals surface area (Å²) < 4.78 is 0. The molecular weight excluding hydrogens is 248 g/mol. The van der Waals surface area contributed by atoms with Gasteiger partial charge in [0, 0.05) is 36.1 Å². The Kier molecular flexibility index (Phi) is 1.99. The molecule has 0 radical (unpaired) electrons. The molecule has 1 aromatic carbocycles. The Morgan fingerprint density at radius 2 is 2.20 bits per heavy atom. The lowest BCUT2D eigenvalue weighted by atomic mass is 9.91. The van der Waals surface area contributed by atoms with Gasteiger partial charge in [0.05, 0.1) is 23.8 Å². The molecule has 0 spiro atoms. The number of H-pyrrole nitrogens is 2. The fraction of sp³-hybridized carbons (Fsp3) is 0.312. The highest BCUT2D eigenvalue weighted by Gasteiger charge is 2.34. The molecule has 0 aliphatic carbocycles. The monoisotopic (exact) mass is 264 g/mol. The van der Waals surface area contributed by atoms with Crippen LogP contribution in [0.4, 0.5) is 0 Å². The van der Waals surface area contributed by atoms with Crippen molar-refractivity contribution in [3.63, 3.8) is 0 Å². The van der Waals surface area contributed by atoms with Gasteiger partial charge in [-0.05, 0) is 18.1 Å². The second-order valence-electron chi connectivity index (χ2n) is 5.83. The van der Waals surface area contributed by atoms with Gasteiger partial charge in [0.2, 0.25) is 0 Å². The Hall–Kier alpha value is -2.07. The van der Waals surface area contributed by atoms with E-state index in [1.165, 1.54) is 33.5 Å². The molecule has 0 amide bonds. The molecule has 0 unspecified atom stereocenters. The van der Waals surface area contributed by atoms with Crippen molar-refractivity contribution in [3.05, 3.63) is 53.2 Å². The summed E-state index contributed by atoms with van der Waals surface area (Å²) in [5.41, 5.74) is 6.72. The van der Waals surface area contributed by atoms with Crippen molar-refractivity contribution in [2.45, 2.75) is 25.4 Å². The number of hydrogen-bond acceptors (Lipinski definition) is 2. The Morgan fingerprint density at radius 1 is 1.25 bits per heavy atom. The van der Waals surface area contributed by atoms with Gasteiger partial charge in [-0.25, -0.2) is 4.98 Å². The molecule has 4 heterocycles. The van der Waals surface area contributed by atoms with E-state index in [0.717, 1.165) is 25.9 Å². The molecule has 20 heavy (non-hydrogen) atoms. The van der Waals surface area contributed by atoms with Gasteiger partial charge >= 0.3 is 0 Å². The number of benzene rings is 1. The van der Waals surface area contributed by atoms with Crippen molar-refractivity contribution in [2.24, 2.45) is 0 Å². The van der Waals surface area contributed by atoms with Crippen molar-refractivity contribution in [1.82, 2.24) is 19.9 Å². The van der Waals surface area contributed by atoms with Crippen LogP contribution in [-0.2, 0) is 19.4 Å². The van der Waals surface area contributed by atoms with Crippen LogP contribution in [-0.4, -0.2) is 26.4 Å². The lowest BCUT2D eigenvalue weighted by Gasteiger charge is -2.38. The molecule has 1 atom stereocenters. The smallest absolute Gasteiger partial charge is 0.0925 e. The van der Waals surface area contributed by atoms with Crippen LogP contribution in [0.25, 0.3) is 10.9 Å². The number of nitrogens with zero attached hydrogens (tertiary/aromatic N) is 2. The Balaban J connectivity index is 1.68. The first-order chi connectivity index (χ1) is 9.90. The topological polar surface area (TPSA) is 47.7 Å². The molecule has 2 aliphatic rings. The van der Waals surface area contributed by atoms with Gasteiger partial charge in [-0.3, -0.25) is 4.90 Å². The maximum atomic E-state index is 4.48. The van der Waals surface area contributed by atoms with Gasteiger partial charge in [0.1, 0.15) is 0 Å². The fourth-order valence-electron chi connectivity index (χ4n) is 3.84. The predicted molar refractivity (Wildman–Crippen MR) is 77.4 cm³/mol. The standard InChI is InChI=1S/C16H16N4/c1-2-4-12-10(3-1)11-5-6-20-8-14-13(17-9-18-14)7-15(20)16(11)19-12/h1-4,9,15,19H,5-8H2,(H,17,18)/t15-/m1/s1. The van der Waals surface area contributed by atoms with Crippen molar-refractivity contribution in [3.8, 4) is 0 Å². The summed E-state index contributed by atoms with van der Waals surface area (Å²) in [6.45, 7) is 2.13. The summed E-state index contributed by atoms with van der Waals surface area (Å²) in [5, 5.41) is 1.40. The summed E-state index contributed by atoms with van der Waals surface area (Å²) in [5.74, 6) is 0. The van der Waals surface area contributed by atoms with Crippen LogP contribution >= 0.6 is 0 Å². The fourth-order valence-corrected chi connectivity index (χ4v) is 3.84. The van der Waals surface area contributed by atoms with Crippen LogP contribution in [0.15, 0.2) is 30.6 Å². The second kappa shape index (κ2) is 3.73. The highest BCUT2D eigenvalue weighted by molar-refractivity contribution is 5.85. The zero-order valence-electron chi connectivity index (χ0n) is 11.2. The van der Waals surface area contributed by atoms with Crippen LogP contribution < -0.4 is 0 Å². The molecule has 2 N–H and O–H groups in total. The van der Waals surface area contributed by atoms with Crippen molar-refractivity contribution < 1.29 is 0 Å². The largest absolute Gasteiger partial charge is 0.357 e. The summed E-state index contributed by atoms with van der Waals surface area (Å²) in [7, 11) is 0. The van der Waals surface area contributed by atoms with E-state index in [1.807, 2.05) is 6.33 Å². The number of para-hydroxylation sites is 1. The van der Waals surface area contributed by atoms with Gasteiger partial charge in [0.15, 0.2) is 0 Å². The molecule has 5 rings (SSSR count). The third-order valence-electron chi connectivity index (χ3n) is 4.83. The van der Waals surface area contributed by atoms with E-state index in [-0.39, 0.29) is 0 Å². The van der Waals surface area contributed by atoms with Gasteiger partial charge < -0.3 is 9.97 Å². The number of hydrogen-bond donors (Lipinski definition) is 2. The first kappa shape index (κ1) is 10.7. The quantitative estimate of drug-likeness (QED) is 0.655. The van der Waals surface area contributed by atoms with Crippen molar-refractivity contribution in [2.75, 3.05) is 6.54 Å². The maximum Gasteiger partial charge on any atom is 0.0925 e. The molecular formula is C16H16N4. The molecule has 2 aromatic heterocycles. The lowest BCUT2D eigenvalue weighted by molar-refractivity contribution is 0.155. The number of rotatable bonds is 0.